The smallest absolute Gasteiger partial charge is 0.274 e. The van der Waals surface area contributed by atoms with Crippen LogP contribution >= 0.6 is 0 Å². The summed E-state index contributed by atoms with van der Waals surface area (Å²) in [6.45, 7) is 3.66. The van der Waals surface area contributed by atoms with Gasteiger partial charge >= 0.3 is 0 Å². The van der Waals surface area contributed by atoms with Gasteiger partial charge < -0.3 is 15.8 Å². The number of aryl methyl sites for hydroxylation is 2. The van der Waals surface area contributed by atoms with Crippen LogP contribution in [-0.4, -0.2) is 23.3 Å². The van der Waals surface area contributed by atoms with Gasteiger partial charge in [-0.2, -0.15) is 0 Å². The summed E-state index contributed by atoms with van der Waals surface area (Å²) in [5.74, 6) is 0.174. The van der Waals surface area contributed by atoms with E-state index in [4.69, 9.17) is 10.5 Å². The lowest BCUT2D eigenvalue weighted by Crippen LogP contribution is -2.45. The first-order valence-electron chi connectivity index (χ1n) is 9.59. The van der Waals surface area contributed by atoms with Crippen LogP contribution in [0, 0.1) is 13.8 Å². The highest BCUT2D eigenvalue weighted by atomic mass is 16.5. The van der Waals surface area contributed by atoms with Gasteiger partial charge in [0.2, 0.25) is 12.0 Å². The topological polar surface area (TPSA) is 97.5 Å². The summed E-state index contributed by atoms with van der Waals surface area (Å²) in [6.07, 6.45) is -0.863. The van der Waals surface area contributed by atoms with E-state index < -0.39 is 6.10 Å². The Bertz CT molecular complexity index is 1110. The molecular weight excluding hydrogens is 380 g/mol. The van der Waals surface area contributed by atoms with Crippen molar-refractivity contribution in [1.29, 1.82) is 0 Å². The Kier molecular flexibility index (Phi) is 5.10. The summed E-state index contributed by atoms with van der Waals surface area (Å²) in [5.41, 5.74) is 9.20. The number of nitrogens with zero attached hydrogens (tertiary/aromatic N) is 2. The fourth-order valence-corrected chi connectivity index (χ4v) is 3.35. The monoisotopic (exact) mass is 402 g/mol. The van der Waals surface area contributed by atoms with Crippen LogP contribution in [-0.2, 0) is 9.59 Å². The Balaban J connectivity index is 1.64. The SMILES string of the molecule is Cc1ccc(C)c(NC(=O)CN2C(=O)C(c3ccccc3)Oc3ccc(N)nc32)c1. The van der Waals surface area contributed by atoms with Crippen LogP contribution in [0.15, 0.2) is 60.7 Å². The molecule has 1 aromatic heterocycles. The van der Waals surface area contributed by atoms with Crippen LogP contribution < -0.4 is 20.7 Å². The van der Waals surface area contributed by atoms with Crippen molar-refractivity contribution < 1.29 is 14.3 Å². The van der Waals surface area contributed by atoms with Crippen molar-refractivity contribution in [2.24, 2.45) is 0 Å². The molecule has 1 unspecified atom stereocenters. The van der Waals surface area contributed by atoms with E-state index in [2.05, 4.69) is 10.3 Å². The standard InChI is InChI=1S/C23H22N4O3/c1-14-8-9-15(2)17(12-14)25-20(28)13-27-22-18(10-11-19(24)26-22)30-21(23(27)29)16-6-4-3-5-7-16/h3-12,21H,13H2,1-2H3,(H2,24,26)(H,25,28). The molecule has 0 radical (unpaired) electrons. The van der Waals surface area contributed by atoms with Crippen molar-refractivity contribution in [3.05, 3.63) is 77.4 Å². The van der Waals surface area contributed by atoms with E-state index in [9.17, 15) is 9.59 Å². The third-order valence-electron chi connectivity index (χ3n) is 4.92. The Morgan fingerprint density at radius 3 is 2.67 bits per heavy atom. The number of ether oxygens (including phenoxy) is 1. The summed E-state index contributed by atoms with van der Waals surface area (Å²) in [7, 11) is 0. The summed E-state index contributed by atoms with van der Waals surface area (Å²) >= 11 is 0. The van der Waals surface area contributed by atoms with Crippen LogP contribution in [0.3, 0.4) is 0 Å². The van der Waals surface area contributed by atoms with Crippen molar-refractivity contribution in [2.45, 2.75) is 20.0 Å². The molecule has 3 aromatic rings. The van der Waals surface area contributed by atoms with E-state index >= 15 is 0 Å². The van der Waals surface area contributed by atoms with Crippen molar-refractivity contribution in [1.82, 2.24) is 4.98 Å². The molecule has 30 heavy (non-hydrogen) atoms. The number of carbonyl (C=O) groups is 2. The minimum absolute atomic E-state index is 0.206. The van der Waals surface area contributed by atoms with Crippen molar-refractivity contribution >= 4 is 29.1 Å². The number of aromatic nitrogens is 1. The van der Waals surface area contributed by atoms with E-state index in [-0.39, 0.29) is 30.0 Å². The van der Waals surface area contributed by atoms with Gasteiger partial charge in [0.25, 0.3) is 5.91 Å². The second-order valence-corrected chi connectivity index (χ2v) is 7.26. The van der Waals surface area contributed by atoms with Crippen molar-refractivity contribution in [2.75, 3.05) is 22.5 Å². The molecule has 0 aliphatic carbocycles. The molecule has 0 saturated carbocycles. The molecule has 2 heterocycles. The second-order valence-electron chi connectivity index (χ2n) is 7.26. The van der Waals surface area contributed by atoms with Gasteiger partial charge in [-0.05, 0) is 43.2 Å². The average Bonchev–Trinajstić information content (AvgIpc) is 2.73. The molecule has 2 aromatic carbocycles. The lowest BCUT2D eigenvalue weighted by molar-refractivity contribution is -0.128. The molecule has 7 nitrogen and oxygen atoms in total. The molecule has 0 bridgehead atoms. The molecule has 3 N–H and O–H groups in total. The van der Waals surface area contributed by atoms with E-state index in [1.54, 1.807) is 12.1 Å². The van der Waals surface area contributed by atoms with E-state index in [1.165, 1.54) is 4.90 Å². The number of amides is 2. The Morgan fingerprint density at radius 1 is 1.13 bits per heavy atom. The number of fused-ring (bicyclic) bond motifs is 1. The van der Waals surface area contributed by atoms with Gasteiger partial charge in [-0.3, -0.25) is 14.5 Å². The molecule has 1 aliphatic rings. The van der Waals surface area contributed by atoms with Gasteiger partial charge in [0.15, 0.2) is 11.6 Å². The first kappa shape index (κ1) is 19.4. The molecule has 0 fully saturated rings. The molecule has 152 valence electrons. The fraction of sp³-hybridized carbons (Fsp3) is 0.174. The predicted molar refractivity (Wildman–Crippen MR) is 115 cm³/mol. The zero-order valence-corrected chi connectivity index (χ0v) is 16.8. The summed E-state index contributed by atoms with van der Waals surface area (Å²) in [5, 5.41) is 2.89. The zero-order valence-electron chi connectivity index (χ0n) is 16.8. The number of anilines is 3. The van der Waals surface area contributed by atoms with Crippen LogP contribution in [0.25, 0.3) is 0 Å². The number of benzene rings is 2. The first-order valence-corrected chi connectivity index (χ1v) is 9.59. The minimum atomic E-state index is -0.863. The molecule has 7 heteroatoms. The van der Waals surface area contributed by atoms with E-state index in [0.29, 0.717) is 17.0 Å². The van der Waals surface area contributed by atoms with Crippen LogP contribution in [0.2, 0.25) is 0 Å². The molecule has 1 atom stereocenters. The number of nitrogens with two attached hydrogens (primary N) is 1. The molecule has 4 rings (SSSR count). The number of pyridine rings is 1. The average molecular weight is 402 g/mol. The first-order chi connectivity index (χ1) is 14.4. The minimum Gasteiger partial charge on any atom is -0.472 e. The maximum atomic E-state index is 13.2. The van der Waals surface area contributed by atoms with Gasteiger partial charge in [0.1, 0.15) is 12.4 Å². The van der Waals surface area contributed by atoms with E-state index in [0.717, 1.165) is 11.1 Å². The van der Waals surface area contributed by atoms with Crippen LogP contribution in [0.5, 0.6) is 5.75 Å². The Labute approximate surface area is 174 Å². The number of hydrogen-bond donors (Lipinski definition) is 2. The fourth-order valence-electron chi connectivity index (χ4n) is 3.35. The highest BCUT2D eigenvalue weighted by Crippen LogP contribution is 2.38. The Hall–Kier alpha value is -3.87. The molecule has 2 amide bonds. The third kappa shape index (κ3) is 3.82. The summed E-state index contributed by atoms with van der Waals surface area (Å²) in [4.78, 5) is 31.6. The normalized spacial score (nSPS) is 15.3. The zero-order chi connectivity index (χ0) is 21.3. The predicted octanol–water partition coefficient (Wildman–Crippen LogP) is 3.39. The molecular formula is C23H22N4O3. The van der Waals surface area contributed by atoms with Gasteiger partial charge in [-0.25, -0.2) is 4.98 Å². The number of carbonyl (C=O) groups excluding carboxylic acids is 2. The van der Waals surface area contributed by atoms with Crippen molar-refractivity contribution in [3.63, 3.8) is 0 Å². The maximum Gasteiger partial charge on any atom is 0.274 e. The van der Waals surface area contributed by atoms with Crippen molar-refractivity contribution in [3.8, 4) is 5.75 Å². The Morgan fingerprint density at radius 2 is 1.90 bits per heavy atom. The second kappa shape index (κ2) is 7.87. The van der Waals surface area contributed by atoms with Crippen LogP contribution in [0.4, 0.5) is 17.3 Å². The summed E-state index contributed by atoms with van der Waals surface area (Å²) < 4.78 is 5.91. The number of hydrogen-bond acceptors (Lipinski definition) is 5. The number of nitrogens with one attached hydrogen (secondary N) is 1. The lowest BCUT2D eigenvalue weighted by Gasteiger charge is -2.33. The van der Waals surface area contributed by atoms with E-state index in [1.807, 2.05) is 62.4 Å². The third-order valence-corrected chi connectivity index (χ3v) is 4.92. The largest absolute Gasteiger partial charge is 0.472 e. The number of nitrogen functional groups attached to an aromatic ring is 1. The molecule has 0 saturated heterocycles. The van der Waals surface area contributed by atoms with Gasteiger partial charge in [0.05, 0.1) is 0 Å². The summed E-state index contributed by atoms with van der Waals surface area (Å²) in [6, 6.07) is 18.2. The number of rotatable bonds is 4. The quantitative estimate of drug-likeness (QED) is 0.697. The lowest BCUT2D eigenvalue weighted by atomic mass is 10.1. The van der Waals surface area contributed by atoms with Gasteiger partial charge in [0, 0.05) is 11.3 Å². The van der Waals surface area contributed by atoms with Crippen LogP contribution in [0.1, 0.15) is 22.8 Å². The maximum absolute atomic E-state index is 13.2. The molecule has 1 aliphatic heterocycles. The molecule has 0 spiro atoms. The highest BCUT2D eigenvalue weighted by molar-refractivity contribution is 6.06. The highest BCUT2D eigenvalue weighted by Gasteiger charge is 2.37. The van der Waals surface area contributed by atoms with Gasteiger partial charge in [-0.1, -0.05) is 42.5 Å². The van der Waals surface area contributed by atoms with Gasteiger partial charge in [-0.15, -0.1) is 0 Å².